The van der Waals surface area contributed by atoms with E-state index in [1.54, 1.807) is 0 Å². The van der Waals surface area contributed by atoms with E-state index in [4.69, 9.17) is 4.74 Å². The lowest BCUT2D eigenvalue weighted by atomic mass is 9.79. The predicted molar refractivity (Wildman–Crippen MR) is 62.9 cm³/mol. The summed E-state index contributed by atoms with van der Waals surface area (Å²) in [4.78, 5) is 0. The monoisotopic (exact) mass is 211 g/mol. The van der Waals surface area contributed by atoms with Crippen LogP contribution in [-0.4, -0.2) is 25.3 Å². The Morgan fingerprint density at radius 3 is 2.40 bits per heavy atom. The number of nitrogens with one attached hydrogen (secondary N) is 1. The van der Waals surface area contributed by atoms with Crippen molar-refractivity contribution in [2.75, 3.05) is 13.2 Å². The van der Waals surface area contributed by atoms with Gasteiger partial charge in [-0.2, -0.15) is 0 Å². The highest BCUT2D eigenvalue weighted by Gasteiger charge is 2.27. The van der Waals surface area contributed by atoms with E-state index in [-0.39, 0.29) is 0 Å². The van der Waals surface area contributed by atoms with Gasteiger partial charge in [-0.3, -0.25) is 0 Å². The number of hydrogen-bond acceptors (Lipinski definition) is 2. The third kappa shape index (κ3) is 3.18. The fraction of sp³-hybridized carbons (Fsp3) is 1.00. The maximum Gasteiger partial charge on any atom is 0.0480 e. The molecule has 1 aliphatic heterocycles. The Hall–Kier alpha value is -0.0800. The Balaban J connectivity index is 1.77. The fourth-order valence-corrected chi connectivity index (χ4v) is 3.08. The Morgan fingerprint density at radius 2 is 1.73 bits per heavy atom. The van der Waals surface area contributed by atoms with Crippen molar-refractivity contribution < 1.29 is 4.74 Å². The largest absolute Gasteiger partial charge is 0.381 e. The molecule has 0 radical (unpaired) electrons. The fourth-order valence-electron chi connectivity index (χ4n) is 3.08. The van der Waals surface area contributed by atoms with Crippen LogP contribution in [0.2, 0.25) is 0 Å². The molecule has 2 rings (SSSR count). The van der Waals surface area contributed by atoms with Gasteiger partial charge in [-0.25, -0.2) is 0 Å². The molecule has 1 heterocycles. The highest BCUT2D eigenvalue weighted by Crippen LogP contribution is 2.29. The second kappa shape index (κ2) is 5.31. The third-order valence-corrected chi connectivity index (χ3v) is 4.10. The number of rotatable bonds is 2. The van der Waals surface area contributed by atoms with Crippen molar-refractivity contribution in [3.05, 3.63) is 0 Å². The van der Waals surface area contributed by atoms with Gasteiger partial charge in [-0.05, 0) is 43.9 Å². The maximum atomic E-state index is 5.39. The van der Waals surface area contributed by atoms with Gasteiger partial charge in [0.15, 0.2) is 0 Å². The van der Waals surface area contributed by atoms with Gasteiger partial charge in [0.05, 0.1) is 0 Å². The molecule has 15 heavy (non-hydrogen) atoms. The second-order valence-electron chi connectivity index (χ2n) is 5.56. The molecule has 2 fully saturated rings. The van der Waals surface area contributed by atoms with E-state index >= 15 is 0 Å². The molecule has 0 aromatic carbocycles. The zero-order chi connectivity index (χ0) is 10.7. The summed E-state index contributed by atoms with van der Waals surface area (Å²) in [5.41, 5.74) is 0. The van der Waals surface area contributed by atoms with Crippen molar-refractivity contribution in [2.24, 2.45) is 11.8 Å². The van der Waals surface area contributed by atoms with E-state index in [2.05, 4.69) is 19.2 Å². The molecule has 1 saturated heterocycles. The van der Waals surface area contributed by atoms with E-state index in [0.717, 1.165) is 37.1 Å². The summed E-state index contributed by atoms with van der Waals surface area (Å²) in [5, 5.41) is 3.85. The van der Waals surface area contributed by atoms with Gasteiger partial charge in [-0.15, -0.1) is 0 Å². The normalized spacial score (nSPS) is 39.2. The highest BCUT2D eigenvalue weighted by atomic mass is 16.5. The standard InChI is InChI=1S/C13H25NO/c1-10-3-4-13(11(2)9-10)14-12-5-7-15-8-6-12/h10-14H,3-9H2,1-2H3. The summed E-state index contributed by atoms with van der Waals surface area (Å²) in [6.45, 7) is 6.71. The van der Waals surface area contributed by atoms with Crippen LogP contribution in [0.5, 0.6) is 0 Å². The maximum absolute atomic E-state index is 5.39. The topological polar surface area (TPSA) is 21.3 Å². The number of hydrogen-bond donors (Lipinski definition) is 1. The van der Waals surface area contributed by atoms with Gasteiger partial charge in [0.1, 0.15) is 0 Å². The Morgan fingerprint density at radius 1 is 1.00 bits per heavy atom. The summed E-state index contributed by atoms with van der Waals surface area (Å²) < 4.78 is 5.39. The second-order valence-corrected chi connectivity index (χ2v) is 5.56. The zero-order valence-electron chi connectivity index (χ0n) is 10.2. The van der Waals surface area contributed by atoms with E-state index in [0.29, 0.717) is 0 Å². The van der Waals surface area contributed by atoms with Crippen LogP contribution in [0.4, 0.5) is 0 Å². The summed E-state index contributed by atoms with van der Waals surface area (Å²) in [6.07, 6.45) is 6.60. The first-order valence-corrected chi connectivity index (χ1v) is 6.59. The Kier molecular flexibility index (Phi) is 4.04. The SMILES string of the molecule is CC1CCC(NC2CCOCC2)C(C)C1. The Labute approximate surface area is 93.8 Å². The molecule has 0 bridgehead atoms. The van der Waals surface area contributed by atoms with Crippen molar-refractivity contribution in [2.45, 2.75) is 58.0 Å². The molecule has 1 saturated carbocycles. The molecule has 0 amide bonds. The van der Waals surface area contributed by atoms with Crippen LogP contribution >= 0.6 is 0 Å². The molecule has 0 spiro atoms. The minimum absolute atomic E-state index is 0.722. The van der Waals surface area contributed by atoms with E-state index in [1.807, 2.05) is 0 Å². The minimum atomic E-state index is 0.722. The van der Waals surface area contributed by atoms with Crippen LogP contribution in [0.15, 0.2) is 0 Å². The van der Waals surface area contributed by atoms with Crippen molar-refractivity contribution in [1.82, 2.24) is 5.32 Å². The summed E-state index contributed by atoms with van der Waals surface area (Å²) in [7, 11) is 0. The van der Waals surface area contributed by atoms with Crippen LogP contribution in [0, 0.1) is 11.8 Å². The van der Waals surface area contributed by atoms with Crippen LogP contribution in [0.25, 0.3) is 0 Å². The van der Waals surface area contributed by atoms with Crippen LogP contribution in [-0.2, 0) is 4.74 Å². The lowest BCUT2D eigenvalue weighted by molar-refractivity contribution is 0.0685. The molecule has 88 valence electrons. The Bertz CT molecular complexity index is 189. The predicted octanol–water partition coefficient (Wildman–Crippen LogP) is 2.58. The van der Waals surface area contributed by atoms with Crippen molar-refractivity contribution in [1.29, 1.82) is 0 Å². The summed E-state index contributed by atoms with van der Waals surface area (Å²) >= 11 is 0. The lowest BCUT2D eigenvalue weighted by Crippen LogP contribution is -2.46. The van der Waals surface area contributed by atoms with Crippen LogP contribution < -0.4 is 5.32 Å². The van der Waals surface area contributed by atoms with Crippen molar-refractivity contribution >= 4 is 0 Å². The molecular formula is C13H25NO. The van der Waals surface area contributed by atoms with Gasteiger partial charge in [0, 0.05) is 25.3 Å². The van der Waals surface area contributed by atoms with Gasteiger partial charge in [0.25, 0.3) is 0 Å². The van der Waals surface area contributed by atoms with Crippen molar-refractivity contribution in [3.8, 4) is 0 Å². The van der Waals surface area contributed by atoms with Gasteiger partial charge >= 0.3 is 0 Å². The van der Waals surface area contributed by atoms with Crippen LogP contribution in [0.3, 0.4) is 0 Å². The quantitative estimate of drug-likeness (QED) is 0.758. The molecule has 0 aromatic heterocycles. The smallest absolute Gasteiger partial charge is 0.0480 e. The number of ether oxygens (including phenoxy) is 1. The van der Waals surface area contributed by atoms with Crippen LogP contribution in [0.1, 0.15) is 46.0 Å². The van der Waals surface area contributed by atoms with E-state index in [9.17, 15) is 0 Å². The lowest BCUT2D eigenvalue weighted by Gasteiger charge is -2.37. The zero-order valence-corrected chi connectivity index (χ0v) is 10.2. The minimum Gasteiger partial charge on any atom is -0.381 e. The summed E-state index contributed by atoms with van der Waals surface area (Å²) in [5.74, 6) is 1.80. The van der Waals surface area contributed by atoms with Gasteiger partial charge < -0.3 is 10.1 Å². The van der Waals surface area contributed by atoms with E-state index in [1.165, 1.54) is 32.1 Å². The van der Waals surface area contributed by atoms with E-state index < -0.39 is 0 Å². The molecule has 1 aliphatic carbocycles. The molecule has 1 N–H and O–H groups in total. The molecule has 2 aliphatic rings. The first-order chi connectivity index (χ1) is 7.25. The first-order valence-electron chi connectivity index (χ1n) is 6.59. The molecular weight excluding hydrogens is 186 g/mol. The van der Waals surface area contributed by atoms with Gasteiger partial charge in [-0.1, -0.05) is 13.8 Å². The average molecular weight is 211 g/mol. The van der Waals surface area contributed by atoms with Crippen molar-refractivity contribution in [3.63, 3.8) is 0 Å². The molecule has 3 unspecified atom stereocenters. The molecule has 2 nitrogen and oxygen atoms in total. The molecule has 3 atom stereocenters. The molecule has 2 heteroatoms. The van der Waals surface area contributed by atoms with Gasteiger partial charge in [0.2, 0.25) is 0 Å². The first kappa shape index (κ1) is 11.4. The summed E-state index contributed by atoms with van der Waals surface area (Å²) in [6, 6.07) is 1.49. The average Bonchev–Trinajstić information content (AvgIpc) is 2.24. The molecule has 0 aromatic rings. The third-order valence-electron chi connectivity index (χ3n) is 4.10. The highest BCUT2D eigenvalue weighted by molar-refractivity contribution is 4.84.